The lowest BCUT2D eigenvalue weighted by atomic mass is 9.91. The number of carbonyl (C=O) groups is 2. The summed E-state index contributed by atoms with van der Waals surface area (Å²) >= 11 is 1.56. The topological polar surface area (TPSA) is 82.5 Å². The molecule has 1 aliphatic heterocycles. The summed E-state index contributed by atoms with van der Waals surface area (Å²) in [6.45, 7) is 2.80. The molecule has 7 heteroatoms. The number of anilines is 1. The Bertz CT molecular complexity index is 715. The van der Waals surface area contributed by atoms with Crippen molar-refractivity contribution in [1.29, 1.82) is 0 Å². The van der Waals surface area contributed by atoms with Gasteiger partial charge in [-0.15, -0.1) is 11.3 Å². The summed E-state index contributed by atoms with van der Waals surface area (Å²) in [5, 5.41) is 14.9. The summed E-state index contributed by atoms with van der Waals surface area (Å²) in [7, 11) is 0. The zero-order valence-electron chi connectivity index (χ0n) is 13.3. The second-order valence-electron chi connectivity index (χ2n) is 6.13. The fourth-order valence-electron chi connectivity index (χ4n) is 2.96. The largest absolute Gasteiger partial charge is 0.481 e. The first kappa shape index (κ1) is 16.4. The molecule has 2 unspecified atom stereocenters. The van der Waals surface area contributed by atoms with Gasteiger partial charge >= 0.3 is 12.0 Å². The van der Waals surface area contributed by atoms with Crippen molar-refractivity contribution in [3.63, 3.8) is 0 Å². The third-order valence-electron chi connectivity index (χ3n) is 4.11. The Balaban J connectivity index is 1.65. The van der Waals surface area contributed by atoms with Gasteiger partial charge in [-0.25, -0.2) is 9.78 Å². The Morgan fingerprint density at radius 3 is 2.67 bits per heavy atom. The van der Waals surface area contributed by atoms with E-state index >= 15 is 0 Å². The first-order valence-corrected chi connectivity index (χ1v) is 8.69. The predicted molar refractivity (Wildman–Crippen MR) is 93.0 cm³/mol. The number of hydrogen-bond donors (Lipinski definition) is 2. The highest BCUT2D eigenvalue weighted by molar-refractivity contribution is 7.13. The molecule has 0 radical (unpaired) electrons. The van der Waals surface area contributed by atoms with E-state index in [9.17, 15) is 14.7 Å². The van der Waals surface area contributed by atoms with Gasteiger partial charge in [0.05, 0.1) is 5.92 Å². The SMILES string of the molecule is CC1CC(C(=O)O)CN(C(=O)Nc2ccc(-c3nccs3)cc2)C1. The standard InChI is InChI=1S/C17H19N3O3S/c1-11-8-13(16(21)22)10-20(9-11)17(23)19-14-4-2-12(3-5-14)15-18-6-7-24-15/h2-7,11,13H,8-10H2,1H3,(H,19,23)(H,21,22). The van der Waals surface area contributed by atoms with Gasteiger partial charge in [0.15, 0.2) is 0 Å². The molecule has 2 heterocycles. The van der Waals surface area contributed by atoms with Crippen LogP contribution in [0.1, 0.15) is 13.3 Å². The number of hydrogen-bond acceptors (Lipinski definition) is 4. The Hall–Kier alpha value is -2.41. The lowest BCUT2D eigenvalue weighted by Gasteiger charge is -2.34. The molecular weight excluding hydrogens is 326 g/mol. The van der Waals surface area contributed by atoms with E-state index in [2.05, 4.69) is 10.3 Å². The Morgan fingerprint density at radius 1 is 1.29 bits per heavy atom. The minimum absolute atomic E-state index is 0.179. The van der Waals surface area contributed by atoms with Crippen LogP contribution in [0.5, 0.6) is 0 Å². The van der Waals surface area contributed by atoms with Crippen LogP contribution in [-0.2, 0) is 4.79 Å². The summed E-state index contributed by atoms with van der Waals surface area (Å²) in [6.07, 6.45) is 2.37. The molecule has 0 bridgehead atoms. The highest BCUT2D eigenvalue weighted by Crippen LogP contribution is 2.25. The highest BCUT2D eigenvalue weighted by Gasteiger charge is 2.31. The number of piperidine rings is 1. The van der Waals surface area contributed by atoms with Gasteiger partial charge in [0.2, 0.25) is 0 Å². The molecule has 1 fully saturated rings. The Morgan fingerprint density at radius 2 is 2.04 bits per heavy atom. The number of likely N-dealkylation sites (tertiary alicyclic amines) is 1. The fraction of sp³-hybridized carbons (Fsp3) is 0.353. The van der Waals surface area contributed by atoms with Gasteiger partial charge in [-0.1, -0.05) is 6.92 Å². The van der Waals surface area contributed by atoms with Gasteiger partial charge in [0.25, 0.3) is 0 Å². The van der Waals surface area contributed by atoms with Gasteiger partial charge in [0, 0.05) is 35.9 Å². The normalized spacial score (nSPS) is 20.6. The number of urea groups is 1. The van der Waals surface area contributed by atoms with Crippen LogP contribution < -0.4 is 5.32 Å². The first-order valence-electron chi connectivity index (χ1n) is 7.81. The van der Waals surface area contributed by atoms with Crippen molar-refractivity contribution >= 4 is 29.0 Å². The first-order chi connectivity index (χ1) is 11.5. The lowest BCUT2D eigenvalue weighted by molar-refractivity contribution is -0.143. The van der Waals surface area contributed by atoms with Crippen LogP contribution in [0.4, 0.5) is 10.5 Å². The van der Waals surface area contributed by atoms with Crippen molar-refractivity contribution in [2.45, 2.75) is 13.3 Å². The number of aromatic nitrogens is 1. The maximum atomic E-state index is 12.4. The second-order valence-corrected chi connectivity index (χ2v) is 7.02. The lowest BCUT2D eigenvalue weighted by Crippen LogP contribution is -2.47. The number of nitrogens with one attached hydrogen (secondary N) is 1. The third kappa shape index (κ3) is 3.73. The quantitative estimate of drug-likeness (QED) is 0.893. The minimum Gasteiger partial charge on any atom is -0.481 e. The molecule has 6 nitrogen and oxygen atoms in total. The van der Waals surface area contributed by atoms with Crippen LogP contribution in [-0.4, -0.2) is 40.1 Å². The summed E-state index contributed by atoms with van der Waals surface area (Å²) in [6, 6.07) is 7.23. The smallest absolute Gasteiger partial charge is 0.321 e. The predicted octanol–water partition coefficient (Wildman–Crippen LogP) is 3.38. The van der Waals surface area contributed by atoms with Gasteiger partial charge < -0.3 is 15.3 Å². The molecule has 0 saturated carbocycles. The molecule has 2 amide bonds. The number of nitrogens with zero attached hydrogens (tertiary/aromatic N) is 2. The van der Waals surface area contributed by atoms with E-state index in [4.69, 9.17) is 0 Å². The van der Waals surface area contributed by atoms with E-state index in [1.807, 2.05) is 36.6 Å². The maximum Gasteiger partial charge on any atom is 0.321 e. The van der Waals surface area contributed by atoms with E-state index in [0.29, 0.717) is 18.7 Å². The van der Waals surface area contributed by atoms with Gasteiger partial charge in [-0.05, 0) is 36.6 Å². The maximum absolute atomic E-state index is 12.4. The average molecular weight is 345 g/mol. The molecular formula is C17H19N3O3S. The van der Waals surface area contributed by atoms with Crippen LogP contribution >= 0.6 is 11.3 Å². The monoisotopic (exact) mass is 345 g/mol. The van der Waals surface area contributed by atoms with Gasteiger partial charge in [-0.3, -0.25) is 4.79 Å². The molecule has 1 aromatic carbocycles. The molecule has 126 valence electrons. The Labute approximate surface area is 144 Å². The summed E-state index contributed by atoms with van der Waals surface area (Å²) in [5.41, 5.74) is 1.69. The summed E-state index contributed by atoms with van der Waals surface area (Å²) in [4.78, 5) is 29.5. The molecule has 0 aliphatic carbocycles. The van der Waals surface area contributed by atoms with Crippen LogP contribution in [0.25, 0.3) is 10.6 Å². The molecule has 1 aromatic heterocycles. The highest BCUT2D eigenvalue weighted by atomic mass is 32.1. The third-order valence-corrected chi connectivity index (χ3v) is 4.93. The van der Waals surface area contributed by atoms with Crippen molar-refractivity contribution in [2.24, 2.45) is 11.8 Å². The van der Waals surface area contributed by atoms with Crippen LogP contribution in [0.15, 0.2) is 35.8 Å². The van der Waals surface area contributed by atoms with Gasteiger partial charge in [0.1, 0.15) is 5.01 Å². The number of carboxylic acids is 1. The number of carboxylic acid groups (broad SMARTS) is 1. The number of amides is 2. The summed E-state index contributed by atoms with van der Waals surface area (Å²) < 4.78 is 0. The zero-order chi connectivity index (χ0) is 17.1. The van der Waals surface area contributed by atoms with E-state index < -0.39 is 11.9 Å². The Kier molecular flexibility index (Phi) is 4.80. The van der Waals surface area contributed by atoms with Crippen molar-refractivity contribution in [3.8, 4) is 10.6 Å². The molecule has 24 heavy (non-hydrogen) atoms. The average Bonchev–Trinajstić information content (AvgIpc) is 3.09. The van der Waals surface area contributed by atoms with E-state index in [0.717, 1.165) is 10.6 Å². The summed E-state index contributed by atoms with van der Waals surface area (Å²) in [5.74, 6) is -1.16. The van der Waals surface area contributed by atoms with Crippen molar-refractivity contribution in [1.82, 2.24) is 9.88 Å². The van der Waals surface area contributed by atoms with Crippen LogP contribution in [0.3, 0.4) is 0 Å². The molecule has 2 N–H and O–H groups in total. The molecule has 3 rings (SSSR count). The van der Waals surface area contributed by atoms with Crippen LogP contribution in [0, 0.1) is 11.8 Å². The molecule has 1 aliphatic rings. The zero-order valence-corrected chi connectivity index (χ0v) is 14.1. The number of thiazole rings is 1. The molecule has 1 saturated heterocycles. The molecule has 2 atom stereocenters. The number of rotatable bonds is 3. The number of benzene rings is 1. The molecule has 0 spiro atoms. The minimum atomic E-state index is -0.841. The van der Waals surface area contributed by atoms with E-state index in [-0.39, 0.29) is 18.5 Å². The van der Waals surface area contributed by atoms with Crippen LogP contribution in [0.2, 0.25) is 0 Å². The number of aliphatic carboxylic acids is 1. The van der Waals surface area contributed by atoms with Crippen molar-refractivity contribution in [2.75, 3.05) is 18.4 Å². The second kappa shape index (κ2) is 7.00. The van der Waals surface area contributed by atoms with Crippen molar-refractivity contribution < 1.29 is 14.7 Å². The molecule has 2 aromatic rings. The van der Waals surface area contributed by atoms with E-state index in [1.54, 1.807) is 22.4 Å². The van der Waals surface area contributed by atoms with E-state index in [1.165, 1.54) is 0 Å². The van der Waals surface area contributed by atoms with Crippen molar-refractivity contribution in [3.05, 3.63) is 35.8 Å². The fourth-order valence-corrected chi connectivity index (χ4v) is 3.61. The number of carbonyl (C=O) groups excluding carboxylic acids is 1. The van der Waals surface area contributed by atoms with Gasteiger partial charge in [-0.2, -0.15) is 0 Å².